The molecule has 1 aromatic rings. The molecule has 0 unspecified atom stereocenters. The van der Waals surface area contributed by atoms with Gasteiger partial charge in [-0.15, -0.1) is 0 Å². The van der Waals surface area contributed by atoms with Crippen molar-refractivity contribution in [1.29, 1.82) is 0 Å². The second-order valence-corrected chi connectivity index (χ2v) is 9.49. The van der Waals surface area contributed by atoms with Gasteiger partial charge in [0, 0.05) is 44.0 Å². The molecule has 33 heavy (non-hydrogen) atoms. The van der Waals surface area contributed by atoms with Crippen LogP contribution in [0, 0.1) is 0 Å². The molecular formula is C23H33ClN6O3. The number of piperazine rings is 1. The summed E-state index contributed by atoms with van der Waals surface area (Å²) in [5, 5.41) is 12.3. The minimum Gasteiger partial charge on any atom is -0.359 e. The van der Waals surface area contributed by atoms with Gasteiger partial charge < -0.3 is 31.1 Å². The summed E-state index contributed by atoms with van der Waals surface area (Å²) in [7, 11) is 0. The molecule has 3 aliphatic rings. The Morgan fingerprint density at radius 2 is 1.67 bits per heavy atom. The van der Waals surface area contributed by atoms with Crippen LogP contribution in [0.4, 0.5) is 21.0 Å². The summed E-state index contributed by atoms with van der Waals surface area (Å²) in [5.74, 6) is -0.0287. The molecule has 0 spiro atoms. The molecule has 1 aliphatic carbocycles. The zero-order valence-electron chi connectivity index (χ0n) is 18.9. The molecule has 0 aromatic heterocycles. The SMILES string of the molecule is O=C1CN(c2ccc(NC(=O)N3CCC(NC(=O)NC4CCCCC4)CC3)cc2Cl)CCN1. The highest BCUT2D eigenvalue weighted by atomic mass is 35.5. The van der Waals surface area contributed by atoms with E-state index in [9.17, 15) is 14.4 Å². The number of carbonyl (C=O) groups is 3. The van der Waals surface area contributed by atoms with Crippen molar-refractivity contribution < 1.29 is 14.4 Å². The Morgan fingerprint density at radius 1 is 0.970 bits per heavy atom. The number of carbonyl (C=O) groups excluding carboxylic acids is 3. The Labute approximate surface area is 199 Å². The molecule has 1 saturated carbocycles. The van der Waals surface area contributed by atoms with Gasteiger partial charge in [-0.2, -0.15) is 0 Å². The first-order valence-corrected chi connectivity index (χ1v) is 12.3. The Morgan fingerprint density at radius 3 is 2.33 bits per heavy atom. The number of hydrogen-bond acceptors (Lipinski definition) is 4. The number of urea groups is 2. The first-order chi connectivity index (χ1) is 16.0. The summed E-state index contributed by atoms with van der Waals surface area (Å²) < 4.78 is 0. The van der Waals surface area contributed by atoms with Crippen LogP contribution in [0.1, 0.15) is 44.9 Å². The van der Waals surface area contributed by atoms with Gasteiger partial charge in [0.15, 0.2) is 0 Å². The summed E-state index contributed by atoms with van der Waals surface area (Å²) >= 11 is 6.43. The van der Waals surface area contributed by atoms with Crippen molar-refractivity contribution in [2.45, 2.75) is 57.0 Å². The van der Waals surface area contributed by atoms with E-state index in [1.165, 1.54) is 19.3 Å². The lowest BCUT2D eigenvalue weighted by Gasteiger charge is -2.33. The average Bonchev–Trinajstić information content (AvgIpc) is 2.80. The van der Waals surface area contributed by atoms with E-state index in [0.717, 1.165) is 31.4 Å². The van der Waals surface area contributed by atoms with Crippen LogP contribution in [0.25, 0.3) is 0 Å². The van der Waals surface area contributed by atoms with Crippen LogP contribution in [0.15, 0.2) is 18.2 Å². The number of piperidine rings is 1. The van der Waals surface area contributed by atoms with Crippen molar-refractivity contribution in [1.82, 2.24) is 20.9 Å². The highest BCUT2D eigenvalue weighted by molar-refractivity contribution is 6.33. The minimum absolute atomic E-state index is 0.0287. The van der Waals surface area contributed by atoms with Gasteiger partial charge in [-0.1, -0.05) is 30.9 Å². The molecule has 1 aromatic carbocycles. The first-order valence-electron chi connectivity index (χ1n) is 11.9. The fraction of sp³-hybridized carbons (Fsp3) is 0.609. The summed E-state index contributed by atoms with van der Waals surface area (Å²) in [6.07, 6.45) is 7.19. The Hall–Kier alpha value is -2.68. The molecular weight excluding hydrogens is 444 g/mol. The monoisotopic (exact) mass is 476 g/mol. The third kappa shape index (κ3) is 6.43. The van der Waals surface area contributed by atoms with Gasteiger partial charge in [-0.3, -0.25) is 4.79 Å². The Bertz CT molecular complexity index is 868. The molecule has 2 aliphatic heterocycles. The number of amides is 5. The van der Waals surface area contributed by atoms with Crippen molar-refractivity contribution in [3.05, 3.63) is 23.2 Å². The fourth-order valence-electron chi connectivity index (χ4n) is 4.77. The number of rotatable bonds is 4. The highest BCUT2D eigenvalue weighted by Gasteiger charge is 2.25. The minimum atomic E-state index is -0.179. The topological polar surface area (TPSA) is 106 Å². The third-order valence-corrected chi connectivity index (χ3v) is 6.94. The average molecular weight is 477 g/mol. The lowest BCUT2D eigenvalue weighted by molar-refractivity contribution is -0.120. The fourth-order valence-corrected chi connectivity index (χ4v) is 5.07. The van der Waals surface area contributed by atoms with Crippen LogP contribution in [-0.2, 0) is 4.79 Å². The molecule has 10 heteroatoms. The summed E-state index contributed by atoms with van der Waals surface area (Å²) in [5.41, 5.74) is 1.39. The van der Waals surface area contributed by atoms with Crippen LogP contribution in [0.3, 0.4) is 0 Å². The van der Waals surface area contributed by atoms with Gasteiger partial charge in [0.1, 0.15) is 0 Å². The number of halogens is 1. The number of hydrogen-bond donors (Lipinski definition) is 4. The number of likely N-dealkylation sites (tertiary alicyclic amines) is 1. The molecule has 4 rings (SSSR count). The molecule has 5 amide bonds. The summed E-state index contributed by atoms with van der Waals surface area (Å²) in [6.45, 7) is 2.70. The number of nitrogens with one attached hydrogen (secondary N) is 4. The van der Waals surface area contributed by atoms with E-state index in [2.05, 4.69) is 21.3 Å². The zero-order chi connectivity index (χ0) is 23.2. The van der Waals surface area contributed by atoms with Crippen LogP contribution < -0.4 is 26.2 Å². The van der Waals surface area contributed by atoms with Gasteiger partial charge in [0.2, 0.25) is 5.91 Å². The molecule has 0 atom stereocenters. The van der Waals surface area contributed by atoms with E-state index in [1.54, 1.807) is 17.0 Å². The van der Waals surface area contributed by atoms with Crippen molar-refractivity contribution in [3.8, 4) is 0 Å². The summed E-state index contributed by atoms with van der Waals surface area (Å²) in [4.78, 5) is 40.3. The number of anilines is 2. The van der Waals surface area contributed by atoms with Crippen LogP contribution in [0.2, 0.25) is 5.02 Å². The predicted octanol–water partition coefficient (Wildman–Crippen LogP) is 2.90. The second kappa shape index (κ2) is 11.0. The Kier molecular flexibility index (Phi) is 7.80. The largest absolute Gasteiger partial charge is 0.359 e. The van der Waals surface area contributed by atoms with Crippen LogP contribution >= 0.6 is 11.6 Å². The van der Waals surface area contributed by atoms with E-state index < -0.39 is 0 Å². The van der Waals surface area contributed by atoms with Gasteiger partial charge >= 0.3 is 12.1 Å². The second-order valence-electron chi connectivity index (χ2n) is 9.08. The van der Waals surface area contributed by atoms with Crippen molar-refractivity contribution in [2.75, 3.05) is 42.9 Å². The van der Waals surface area contributed by atoms with Crippen LogP contribution in [-0.4, -0.2) is 67.7 Å². The van der Waals surface area contributed by atoms with Crippen molar-refractivity contribution in [2.24, 2.45) is 0 Å². The molecule has 4 N–H and O–H groups in total. The Balaban J connectivity index is 1.22. The first kappa shape index (κ1) is 23.5. The molecule has 0 bridgehead atoms. The van der Waals surface area contributed by atoms with E-state index >= 15 is 0 Å². The zero-order valence-corrected chi connectivity index (χ0v) is 19.6. The van der Waals surface area contributed by atoms with E-state index in [1.807, 2.05) is 11.0 Å². The maximum absolute atomic E-state index is 12.7. The quantitative estimate of drug-likeness (QED) is 0.536. The lowest BCUT2D eigenvalue weighted by Crippen LogP contribution is -2.51. The van der Waals surface area contributed by atoms with E-state index in [0.29, 0.717) is 36.9 Å². The van der Waals surface area contributed by atoms with E-state index in [-0.39, 0.29) is 36.6 Å². The maximum Gasteiger partial charge on any atom is 0.321 e. The van der Waals surface area contributed by atoms with Crippen molar-refractivity contribution >= 4 is 40.9 Å². The maximum atomic E-state index is 12.7. The highest BCUT2D eigenvalue weighted by Crippen LogP contribution is 2.29. The molecule has 180 valence electrons. The molecule has 3 fully saturated rings. The summed E-state index contributed by atoms with van der Waals surface area (Å²) in [6, 6.07) is 5.44. The van der Waals surface area contributed by atoms with E-state index in [4.69, 9.17) is 11.6 Å². The van der Waals surface area contributed by atoms with Gasteiger partial charge in [0.25, 0.3) is 0 Å². The standard InChI is InChI=1S/C23H33ClN6O3/c24-19-14-18(6-7-20(19)30-13-10-25-21(31)15-30)28-23(33)29-11-8-17(9-12-29)27-22(32)26-16-4-2-1-3-5-16/h6-7,14,16-17H,1-5,8-13,15H2,(H,25,31)(H,28,33)(H2,26,27,32). The molecule has 2 saturated heterocycles. The predicted molar refractivity (Wildman–Crippen MR) is 129 cm³/mol. The third-order valence-electron chi connectivity index (χ3n) is 6.64. The molecule has 2 heterocycles. The van der Waals surface area contributed by atoms with Gasteiger partial charge in [0.05, 0.1) is 17.3 Å². The lowest BCUT2D eigenvalue weighted by atomic mass is 9.96. The molecule has 9 nitrogen and oxygen atoms in total. The van der Waals surface area contributed by atoms with Gasteiger partial charge in [-0.25, -0.2) is 9.59 Å². The number of benzene rings is 1. The van der Waals surface area contributed by atoms with Crippen molar-refractivity contribution in [3.63, 3.8) is 0 Å². The van der Waals surface area contributed by atoms with Crippen LogP contribution in [0.5, 0.6) is 0 Å². The smallest absolute Gasteiger partial charge is 0.321 e. The molecule has 0 radical (unpaired) electrons. The number of nitrogens with zero attached hydrogens (tertiary/aromatic N) is 2. The van der Waals surface area contributed by atoms with Gasteiger partial charge in [-0.05, 0) is 43.9 Å². The normalized spacial score (nSPS) is 20.2.